The quantitative estimate of drug-likeness (QED) is 0.0109. The molecule has 0 atom stereocenters. The topological polar surface area (TPSA) is 180 Å². The van der Waals surface area contributed by atoms with Crippen molar-refractivity contribution in [2.75, 3.05) is 43.0 Å². The zero-order chi connectivity index (χ0) is 55.5. The van der Waals surface area contributed by atoms with E-state index in [1.54, 1.807) is 0 Å². The van der Waals surface area contributed by atoms with Crippen LogP contribution in [0.15, 0.2) is 174 Å². The van der Waals surface area contributed by atoms with Crippen LogP contribution in [0.25, 0.3) is 38.9 Å². The maximum atomic E-state index is 12.9. The van der Waals surface area contributed by atoms with Gasteiger partial charge in [-0.15, -0.1) is 4.57 Å². The second-order valence-corrected chi connectivity index (χ2v) is 20.5. The number of carbonyl (C=O) groups is 2. The predicted octanol–water partition coefficient (Wildman–Crippen LogP) is 12.9. The number of anilines is 3. The van der Waals surface area contributed by atoms with Gasteiger partial charge in [0.1, 0.15) is 16.9 Å². The highest BCUT2D eigenvalue weighted by Crippen LogP contribution is 2.32. The molecule has 1 aliphatic carbocycles. The van der Waals surface area contributed by atoms with E-state index in [2.05, 4.69) is 117 Å². The third-order valence-electron chi connectivity index (χ3n) is 14.6. The van der Waals surface area contributed by atoms with E-state index in [1.165, 1.54) is 11.3 Å². The molecule has 0 saturated carbocycles. The van der Waals surface area contributed by atoms with Crippen molar-refractivity contribution in [1.82, 2.24) is 20.9 Å². The first-order valence-electron chi connectivity index (χ1n) is 28.0. The Bertz CT molecular complexity index is 3430. The van der Waals surface area contributed by atoms with Gasteiger partial charge in [0.25, 0.3) is 11.8 Å². The number of benzene rings is 7. The van der Waals surface area contributed by atoms with Crippen molar-refractivity contribution in [3.8, 4) is 16.8 Å². The highest BCUT2D eigenvalue weighted by molar-refractivity contribution is 5.96. The summed E-state index contributed by atoms with van der Waals surface area (Å²) in [4.78, 5) is 34.7. The molecule has 1 aliphatic rings. The average molecular weight is 1060 g/mol. The molecule has 79 heavy (non-hydrogen) atoms. The molecule has 9 rings (SSSR count). The van der Waals surface area contributed by atoms with Gasteiger partial charge in [-0.05, 0) is 149 Å². The van der Waals surface area contributed by atoms with Gasteiger partial charge in [0.15, 0.2) is 11.2 Å². The Hall–Kier alpha value is -8.61. The van der Waals surface area contributed by atoms with E-state index in [0.29, 0.717) is 35.6 Å². The van der Waals surface area contributed by atoms with Crippen molar-refractivity contribution in [1.29, 1.82) is 0 Å². The number of aryl methyl sites for hydroxylation is 3. The fourth-order valence-electron chi connectivity index (χ4n) is 9.89. The summed E-state index contributed by atoms with van der Waals surface area (Å²) in [6, 6.07) is 48.3. The summed E-state index contributed by atoms with van der Waals surface area (Å²) in [6.45, 7) is 15.0. The fourth-order valence-corrected chi connectivity index (χ4v) is 9.89. The summed E-state index contributed by atoms with van der Waals surface area (Å²) in [5.41, 5.74) is 31.8. The van der Waals surface area contributed by atoms with Gasteiger partial charge in [-0.3, -0.25) is 19.9 Å². The number of aliphatic imine (C=N–C) groups is 1. The predicted molar refractivity (Wildman–Crippen MR) is 328 cm³/mol. The van der Waals surface area contributed by atoms with Gasteiger partial charge in [0.05, 0.1) is 11.4 Å². The Morgan fingerprint density at radius 1 is 0.582 bits per heavy atom. The molecule has 12 heteroatoms. The lowest BCUT2D eigenvalue weighted by molar-refractivity contribution is -0.538. The van der Waals surface area contributed by atoms with Gasteiger partial charge in [-0.1, -0.05) is 111 Å². The summed E-state index contributed by atoms with van der Waals surface area (Å²) in [6.07, 6.45) is 15.3. The highest BCUT2D eigenvalue weighted by atomic mass is 16.2. The minimum absolute atomic E-state index is 0.0459. The summed E-state index contributed by atoms with van der Waals surface area (Å²) in [5.74, 6) is -0.110. The first kappa shape index (κ1) is 56.6. The van der Waals surface area contributed by atoms with Gasteiger partial charge in [0, 0.05) is 79.0 Å². The molecule has 10 N–H and O–H groups in total. The van der Waals surface area contributed by atoms with Crippen molar-refractivity contribution in [2.24, 2.45) is 4.99 Å². The number of unbranched alkanes of at least 4 members (excludes halogenated alkanes) is 6. The van der Waals surface area contributed by atoms with Crippen molar-refractivity contribution in [2.45, 2.75) is 91.9 Å². The highest BCUT2D eigenvalue weighted by Gasteiger charge is 2.23. The zero-order valence-electron chi connectivity index (χ0n) is 46.5. The largest absolute Gasteiger partial charge is 0.397 e. The molecule has 0 unspecified atom stereocenters. The van der Waals surface area contributed by atoms with Crippen LogP contribution in [0.1, 0.15) is 109 Å². The molecule has 0 fully saturated rings. The fraction of sp³-hybridized carbons (Fsp3) is 0.269. The normalized spacial score (nSPS) is 12.0. The van der Waals surface area contributed by atoms with E-state index in [9.17, 15) is 9.59 Å². The minimum Gasteiger partial charge on any atom is -0.397 e. The standard InChI is InChI=1S/C53H61N7O2.C14H15N3/c1-37-17-11-12-20-45(37)55-31-13-4-6-15-33-57-52(61)42-26-22-40(23-27-42)41-24-28-43(29-25-41)53(62)58-34-16-7-5-14-32-56-46-36-49-47(35-39(46)3)59-51-48(30-21-38(2)50(51)54)60(49)44-18-9-8-10-19-44;1-10-8-9-12(14(16-2)13(10)15)17-11-6-4-3-5-7-11/h8-10,17-30,35-36,55H,4-7,11-16,31-34H2,1-3H3,(H4,54,56,57,58,61,62);3-9,17H,2,15H2,1H3/p+2. The van der Waals surface area contributed by atoms with Crippen LogP contribution in [0.2, 0.25) is 0 Å². The number of aromatic nitrogens is 2. The molecule has 0 saturated heterocycles. The lowest BCUT2D eigenvalue weighted by atomic mass is 10.0. The van der Waals surface area contributed by atoms with E-state index in [-0.39, 0.29) is 11.8 Å². The lowest BCUT2D eigenvalue weighted by Gasteiger charge is -2.15. The monoisotopic (exact) mass is 1050 g/mol. The summed E-state index contributed by atoms with van der Waals surface area (Å²) >= 11 is 0. The maximum absolute atomic E-state index is 12.9. The molecule has 0 spiro atoms. The molecule has 12 nitrogen and oxygen atoms in total. The molecule has 0 radical (unpaired) electrons. The summed E-state index contributed by atoms with van der Waals surface area (Å²) in [5, 5.41) is 15.4. The van der Waals surface area contributed by atoms with E-state index >= 15 is 0 Å². The van der Waals surface area contributed by atoms with E-state index < -0.39 is 0 Å². The van der Waals surface area contributed by atoms with Crippen LogP contribution in [-0.2, 0) is 0 Å². The number of para-hydroxylation sites is 2. The zero-order valence-corrected chi connectivity index (χ0v) is 46.5. The van der Waals surface area contributed by atoms with Crippen LogP contribution in [0.4, 0.5) is 34.1 Å². The number of carbonyl (C=O) groups excluding carboxylic acids is 2. The first-order valence-corrected chi connectivity index (χ1v) is 28.0. The van der Waals surface area contributed by atoms with Crippen LogP contribution in [-0.4, -0.2) is 49.7 Å². The van der Waals surface area contributed by atoms with Crippen LogP contribution < -0.4 is 42.6 Å². The Morgan fingerprint density at radius 3 is 1.72 bits per heavy atom. The third-order valence-corrected chi connectivity index (χ3v) is 14.6. The number of fused-ring (bicyclic) bond motifs is 2. The van der Waals surface area contributed by atoms with Crippen LogP contribution in [0, 0.1) is 20.8 Å². The Labute approximate surface area is 466 Å². The number of nitrogens with one attached hydrogen (secondary N) is 4. The number of allylic oxidation sites excluding steroid dienone is 3. The molecule has 0 bridgehead atoms. The number of nitrogens with two attached hydrogens (primary N) is 3. The summed E-state index contributed by atoms with van der Waals surface area (Å²) < 4.78 is 2.25. The van der Waals surface area contributed by atoms with Gasteiger partial charge in [-0.25, -0.2) is 4.98 Å². The Morgan fingerprint density at radius 2 is 1.13 bits per heavy atom. The number of hydrogen-bond acceptors (Lipinski definition) is 8. The second kappa shape index (κ2) is 28.1. The Kier molecular flexibility index (Phi) is 20.2. The SMILES string of the molecule is C=Nc1c([NH2+]c2ccccc2)ccc(C)c1N.CC1=CCCC=C1NCCCCCCNC(=O)c1ccc(-c2ccc(C(=O)NCCCCCCNc3cc4c(cc3C)nc3c(N)c(C)ccc3[n+]4-c3ccccc3)cc2)cc1. The molecule has 1 aromatic heterocycles. The van der Waals surface area contributed by atoms with Crippen molar-refractivity contribution < 1.29 is 19.5 Å². The minimum atomic E-state index is -0.0638. The number of nitrogen functional groups attached to an aromatic ring is 2. The molecule has 0 aliphatic heterocycles. The van der Waals surface area contributed by atoms with Gasteiger partial charge in [0.2, 0.25) is 16.7 Å². The van der Waals surface area contributed by atoms with Crippen LogP contribution in [0.3, 0.4) is 0 Å². The summed E-state index contributed by atoms with van der Waals surface area (Å²) in [7, 11) is 0. The third kappa shape index (κ3) is 15.1. The average Bonchev–Trinajstić information content (AvgIpc) is 3.48. The van der Waals surface area contributed by atoms with Crippen molar-refractivity contribution in [3.63, 3.8) is 0 Å². The number of hydrogen-bond donors (Lipinski definition) is 7. The molecule has 2 amide bonds. The number of amides is 2. The molecule has 8 aromatic rings. The van der Waals surface area contributed by atoms with E-state index in [1.807, 2.05) is 111 Å². The van der Waals surface area contributed by atoms with Gasteiger partial charge in [-0.2, -0.15) is 0 Å². The number of nitrogens with zero attached hydrogens (tertiary/aromatic N) is 3. The molecule has 406 valence electrons. The van der Waals surface area contributed by atoms with E-state index in [4.69, 9.17) is 16.5 Å². The molecule has 1 heterocycles. The van der Waals surface area contributed by atoms with Crippen LogP contribution in [0.5, 0.6) is 0 Å². The van der Waals surface area contributed by atoms with Crippen molar-refractivity contribution in [3.05, 3.63) is 197 Å². The Balaban J connectivity index is 0.000000410. The van der Waals surface area contributed by atoms with Gasteiger partial charge < -0.3 is 32.7 Å². The van der Waals surface area contributed by atoms with Gasteiger partial charge >= 0.3 is 0 Å². The smallest absolute Gasteiger partial charge is 0.251 e. The van der Waals surface area contributed by atoms with Crippen LogP contribution >= 0.6 is 0 Å². The first-order chi connectivity index (χ1) is 38.5. The van der Waals surface area contributed by atoms with E-state index in [0.717, 1.165) is 156 Å². The number of quaternary nitrogens is 1. The molecular formula is C67H78N10O2+2. The maximum Gasteiger partial charge on any atom is 0.251 e. The van der Waals surface area contributed by atoms with Crippen molar-refractivity contribution >= 4 is 74.7 Å². The molecular weight excluding hydrogens is 977 g/mol. The molecule has 7 aromatic carbocycles. The second-order valence-electron chi connectivity index (χ2n) is 20.5. The lowest BCUT2D eigenvalue weighted by Crippen LogP contribution is -2.71. The number of rotatable bonds is 23.